The van der Waals surface area contributed by atoms with E-state index in [1.807, 2.05) is 6.92 Å². The highest BCUT2D eigenvalue weighted by Crippen LogP contribution is 2.28. The van der Waals surface area contributed by atoms with Gasteiger partial charge in [-0.2, -0.15) is 0 Å². The quantitative estimate of drug-likeness (QED) is 0.734. The molecule has 0 amide bonds. The third-order valence-corrected chi connectivity index (χ3v) is 3.20. The van der Waals surface area contributed by atoms with E-state index in [2.05, 4.69) is 5.32 Å². The summed E-state index contributed by atoms with van der Waals surface area (Å²) in [7, 11) is 0. The molecule has 1 saturated carbocycles. The van der Waals surface area contributed by atoms with Crippen LogP contribution in [-0.2, 0) is 4.74 Å². The van der Waals surface area contributed by atoms with Crippen molar-refractivity contribution < 1.29 is 14.2 Å². The molecule has 18 heavy (non-hydrogen) atoms. The van der Waals surface area contributed by atoms with E-state index in [0.29, 0.717) is 18.7 Å². The van der Waals surface area contributed by atoms with Gasteiger partial charge in [-0.15, -0.1) is 0 Å². The smallest absolute Gasteiger partial charge is 0.123 e. The lowest BCUT2D eigenvalue weighted by atomic mass is 10.1. The molecule has 0 aliphatic heterocycles. The molecule has 0 heterocycles. The summed E-state index contributed by atoms with van der Waals surface area (Å²) in [6.45, 7) is 4.09. The lowest BCUT2D eigenvalue weighted by Crippen LogP contribution is -2.23. The van der Waals surface area contributed by atoms with Gasteiger partial charge >= 0.3 is 0 Å². The third-order valence-electron chi connectivity index (χ3n) is 3.20. The van der Waals surface area contributed by atoms with Crippen LogP contribution in [0.2, 0.25) is 0 Å². The molecule has 3 nitrogen and oxygen atoms in total. The van der Waals surface area contributed by atoms with Crippen molar-refractivity contribution in [2.45, 2.75) is 25.8 Å². The molecule has 4 heteroatoms. The summed E-state index contributed by atoms with van der Waals surface area (Å²) in [5.74, 6) is 0.561. The molecular formula is C14H20FNO2. The Balaban J connectivity index is 1.72. The van der Waals surface area contributed by atoms with Crippen LogP contribution in [-0.4, -0.2) is 24.9 Å². The molecule has 1 aromatic rings. The van der Waals surface area contributed by atoms with Gasteiger partial charge in [-0.25, -0.2) is 4.39 Å². The lowest BCUT2D eigenvalue weighted by Gasteiger charge is -2.15. The predicted molar refractivity (Wildman–Crippen MR) is 68.0 cm³/mol. The zero-order chi connectivity index (χ0) is 13.0. The van der Waals surface area contributed by atoms with E-state index < -0.39 is 0 Å². The van der Waals surface area contributed by atoms with Crippen molar-refractivity contribution in [3.63, 3.8) is 0 Å². The lowest BCUT2D eigenvalue weighted by molar-refractivity contribution is 0.124. The van der Waals surface area contributed by atoms with Gasteiger partial charge in [0.2, 0.25) is 0 Å². The Kier molecular flexibility index (Phi) is 4.55. The standard InChI is InChI=1S/C14H20FNO2/c1-10(13-8-12(15)4-5-14(13)17)16-6-7-18-9-11-2-3-11/h4-5,8,10-11,16-17H,2-3,6-7,9H2,1H3. The predicted octanol–water partition coefficient (Wildman–Crippen LogP) is 2.61. The van der Waals surface area contributed by atoms with Crippen molar-refractivity contribution in [3.8, 4) is 5.75 Å². The Morgan fingerprint density at radius 3 is 3.00 bits per heavy atom. The van der Waals surface area contributed by atoms with Crippen molar-refractivity contribution >= 4 is 0 Å². The molecule has 1 unspecified atom stereocenters. The largest absolute Gasteiger partial charge is 0.508 e. The number of rotatable bonds is 7. The number of nitrogens with one attached hydrogen (secondary N) is 1. The van der Waals surface area contributed by atoms with Crippen molar-refractivity contribution in [3.05, 3.63) is 29.6 Å². The van der Waals surface area contributed by atoms with Gasteiger partial charge in [-0.05, 0) is 43.9 Å². The number of halogens is 1. The van der Waals surface area contributed by atoms with Crippen LogP contribution in [0.3, 0.4) is 0 Å². The molecule has 100 valence electrons. The first-order chi connectivity index (χ1) is 8.66. The molecule has 1 aliphatic rings. The minimum Gasteiger partial charge on any atom is -0.508 e. The topological polar surface area (TPSA) is 41.5 Å². The second kappa shape index (κ2) is 6.16. The average Bonchev–Trinajstić information content (AvgIpc) is 3.15. The Hall–Kier alpha value is -1.13. The Morgan fingerprint density at radius 1 is 1.50 bits per heavy atom. The van der Waals surface area contributed by atoms with Crippen LogP contribution >= 0.6 is 0 Å². The van der Waals surface area contributed by atoms with Crippen LogP contribution in [0.5, 0.6) is 5.75 Å². The summed E-state index contributed by atoms with van der Waals surface area (Å²) in [6.07, 6.45) is 2.59. The summed E-state index contributed by atoms with van der Waals surface area (Å²) in [5, 5.41) is 12.9. The molecule has 0 spiro atoms. The van der Waals surface area contributed by atoms with Crippen molar-refractivity contribution in [2.24, 2.45) is 5.92 Å². The van der Waals surface area contributed by atoms with Gasteiger partial charge in [0.05, 0.1) is 6.61 Å². The molecule has 1 atom stereocenters. The maximum Gasteiger partial charge on any atom is 0.123 e. The molecule has 0 saturated heterocycles. The summed E-state index contributed by atoms with van der Waals surface area (Å²) >= 11 is 0. The summed E-state index contributed by atoms with van der Waals surface area (Å²) in [6, 6.07) is 3.90. The maximum absolute atomic E-state index is 13.1. The fraction of sp³-hybridized carbons (Fsp3) is 0.571. The zero-order valence-electron chi connectivity index (χ0n) is 10.7. The fourth-order valence-electron chi connectivity index (χ4n) is 1.86. The van der Waals surface area contributed by atoms with Crippen LogP contribution in [0.4, 0.5) is 4.39 Å². The number of hydrogen-bond donors (Lipinski definition) is 2. The second-order valence-corrected chi connectivity index (χ2v) is 4.90. The van der Waals surface area contributed by atoms with Gasteiger partial charge in [-0.1, -0.05) is 0 Å². The summed E-state index contributed by atoms with van der Waals surface area (Å²) < 4.78 is 18.6. The van der Waals surface area contributed by atoms with Crippen LogP contribution in [0, 0.1) is 11.7 Å². The summed E-state index contributed by atoms with van der Waals surface area (Å²) in [4.78, 5) is 0. The number of aromatic hydroxyl groups is 1. The van der Waals surface area contributed by atoms with E-state index in [0.717, 1.165) is 12.5 Å². The van der Waals surface area contributed by atoms with E-state index in [9.17, 15) is 9.50 Å². The number of hydrogen-bond acceptors (Lipinski definition) is 3. The van der Waals surface area contributed by atoms with Crippen molar-refractivity contribution in [2.75, 3.05) is 19.8 Å². The summed E-state index contributed by atoms with van der Waals surface area (Å²) in [5.41, 5.74) is 0.581. The van der Waals surface area contributed by atoms with Crippen LogP contribution in [0.1, 0.15) is 31.4 Å². The van der Waals surface area contributed by atoms with E-state index >= 15 is 0 Å². The normalized spacial score (nSPS) is 16.8. The Morgan fingerprint density at radius 2 is 2.28 bits per heavy atom. The molecule has 2 N–H and O–H groups in total. The van der Waals surface area contributed by atoms with E-state index in [1.165, 1.54) is 31.0 Å². The minimum absolute atomic E-state index is 0.0924. The van der Waals surface area contributed by atoms with Gasteiger partial charge in [-0.3, -0.25) is 0 Å². The zero-order valence-corrected chi connectivity index (χ0v) is 10.7. The van der Waals surface area contributed by atoms with Crippen molar-refractivity contribution in [1.29, 1.82) is 0 Å². The SMILES string of the molecule is CC(NCCOCC1CC1)c1cc(F)ccc1O. The van der Waals surface area contributed by atoms with Gasteiger partial charge in [0.15, 0.2) is 0 Å². The Bertz CT molecular complexity index is 393. The molecule has 1 aliphatic carbocycles. The molecule has 0 aromatic heterocycles. The average molecular weight is 253 g/mol. The van der Waals surface area contributed by atoms with E-state index in [-0.39, 0.29) is 17.6 Å². The fourth-order valence-corrected chi connectivity index (χ4v) is 1.86. The number of phenols is 1. The first kappa shape index (κ1) is 13.3. The van der Waals surface area contributed by atoms with E-state index in [4.69, 9.17) is 4.74 Å². The van der Waals surface area contributed by atoms with Gasteiger partial charge in [0.1, 0.15) is 11.6 Å². The highest BCUT2D eigenvalue weighted by atomic mass is 19.1. The first-order valence-electron chi connectivity index (χ1n) is 6.46. The highest BCUT2D eigenvalue weighted by molar-refractivity contribution is 5.34. The number of ether oxygens (including phenoxy) is 1. The van der Waals surface area contributed by atoms with Gasteiger partial charge in [0.25, 0.3) is 0 Å². The molecule has 2 rings (SSSR count). The molecular weight excluding hydrogens is 233 g/mol. The van der Waals surface area contributed by atoms with Crippen LogP contribution in [0.25, 0.3) is 0 Å². The molecule has 1 fully saturated rings. The molecule has 1 aromatic carbocycles. The highest BCUT2D eigenvalue weighted by Gasteiger charge is 2.20. The first-order valence-corrected chi connectivity index (χ1v) is 6.46. The van der Waals surface area contributed by atoms with E-state index in [1.54, 1.807) is 0 Å². The van der Waals surface area contributed by atoms with Crippen molar-refractivity contribution in [1.82, 2.24) is 5.32 Å². The van der Waals surface area contributed by atoms with Crippen LogP contribution in [0.15, 0.2) is 18.2 Å². The van der Waals surface area contributed by atoms with Crippen LogP contribution < -0.4 is 5.32 Å². The van der Waals surface area contributed by atoms with Gasteiger partial charge < -0.3 is 15.2 Å². The van der Waals surface area contributed by atoms with Gasteiger partial charge in [0, 0.05) is 24.8 Å². The third kappa shape index (κ3) is 3.96. The minimum atomic E-state index is -0.332. The molecule has 0 radical (unpaired) electrons. The maximum atomic E-state index is 13.1. The number of phenolic OH excluding ortho intramolecular Hbond substituents is 1. The number of benzene rings is 1. The Labute approximate surface area is 107 Å². The monoisotopic (exact) mass is 253 g/mol. The second-order valence-electron chi connectivity index (χ2n) is 4.90. The molecule has 0 bridgehead atoms.